The lowest BCUT2D eigenvalue weighted by Gasteiger charge is -2.07. The molecule has 1 N–H and O–H groups in total. The molecule has 0 spiro atoms. The molecule has 2 heterocycles. The largest absolute Gasteiger partial charge is 0.465 e. The number of amides is 1. The lowest BCUT2D eigenvalue weighted by atomic mass is 10.1. The van der Waals surface area contributed by atoms with E-state index in [0.29, 0.717) is 22.3 Å². The number of esters is 1. The molecule has 0 bridgehead atoms. The van der Waals surface area contributed by atoms with Gasteiger partial charge in [-0.25, -0.2) is 4.79 Å². The molecule has 7 nitrogen and oxygen atoms in total. The van der Waals surface area contributed by atoms with Gasteiger partial charge in [0.25, 0.3) is 0 Å². The van der Waals surface area contributed by atoms with Crippen molar-refractivity contribution in [2.75, 3.05) is 18.2 Å². The van der Waals surface area contributed by atoms with Crippen molar-refractivity contribution < 1.29 is 14.3 Å². The van der Waals surface area contributed by atoms with Gasteiger partial charge in [0.2, 0.25) is 5.91 Å². The molecular formula is C16H20N4O3S2. The summed E-state index contributed by atoms with van der Waals surface area (Å²) in [6.45, 7) is 9.87. The van der Waals surface area contributed by atoms with Crippen LogP contribution in [0, 0.1) is 20.8 Å². The molecule has 0 atom stereocenters. The van der Waals surface area contributed by atoms with E-state index in [1.54, 1.807) is 6.08 Å². The van der Waals surface area contributed by atoms with Crippen LogP contribution in [0.25, 0.3) is 0 Å². The van der Waals surface area contributed by atoms with Crippen molar-refractivity contribution in [1.82, 2.24) is 14.8 Å². The van der Waals surface area contributed by atoms with Crippen molar-refractivity contribution in [2.24, 2.45) is 0 Å². The molecule has 0 radical (unpaired) electrons. The van der Waals surface area contributed by atoms with E-state index in [4.69, 9.17) is 4.74 Å². The number of anilines is 1. The number of methoxy groups -OCH3 is 1. The van der Waals surface area contributed by atoms with Crippen LogP contribution in [0.5, 0.6) is 0 Å². The summed E-state index contributed by atoms with van der Waals surface area (Å²) < 4.78 is 6.69. The Balaban J connectivity index is 2.08. The first-order valence-corrected chi connectivity index (χ1v) is 9.30. The van der Waals surface area contributed by atoms with Crippen molar-refractivity contribution in [1.29, 1.82) is 0 Å². The smallest absolute Gasteiger partial charge is 0.341 e. The highest BCUT2D eigenvalue weighted by molar-refractivity contribution is 7.99. The van der Waals surface area contributed by atoms with Crippen LogP contribution in [-0.4, -0.2) is 39.5 Å². The minimum absolute atomic E-state index is 0.159. The van der Waals surface area contributed by atoms with Crippen molar-refractivity contribution in [3.05, 3.63) is 34.5 Å². The van der Waals surface area contributed by atoms with E-state index in [0.717, 1.165) is 16.3 Å². The van der Waals surface area contributed by atoms with Crippen molar-refractivity contribution in [2.45, 2.75) is 32.5 Å². The van der Waals surface area contributed by atoms with Crippen molar-refractivity contribution in [3.8, 4) is 0 Å². The lowest BCUT2D eigenvalue weighted by molar-refractivity contribution is -0.113. The Bertz CT molecular complexity index is 811. The number of hydrogen-bond donors (Lipinski definition) is 1. The van der Waals surface area contributed by atoms with E-state index in [9.17, 15) is 9.59 Å². The van der Waals surface area contributed by atoms with Gasteiger partial charge in [-0.15, -0.1) is 28.1 Å². The zero-order valence-corrected chi connectivity index (χ0v) is 16.2. The minimum Gasteiger partial charge on any atom is -0.465 e. The van der Waals surface area contributed by atoms with Gasteiger partial charge in [0.05, 0.1) is 18.4 Å². The second-order valence-corrected chi connectivity index (χ2v) is 7.41. The third-order valence-corrected chi connectivity index (χ3v) is 5.66. The molecule has 0 aliphatic carbocycles. The Morgan fingerprint density at radius 2 is 2.08 bits per heavy atom. The molecule has 0 unspecified atom stereocenters. The maximum absolute atomic E-state index is 12.3. The summed E-state index contributed by atoms with van der Waals surface area (Å²) in [5.74, 6) is 0.250. The van der Waals surface area contributed by atoms with Crippen LogP contribution in [-0.2, 0) is 16.1 Å². The van der Waals surface area contributed by atoms with Crippen LogP contribution in [0.4, 0.5) is 5.00 Å². The number of aryl methyl sites for hydroxylation is 2. The Morgan fingerprint density at radius 3 is 2.72 bits per heavy atom. The van der Waals surface area contributed by atoms with E-state index in [1.807, 2.05) is 25.3 Å². The Labute approximate surface area is 154 Å². The SMILES string of the molecule is C=CCn1c(C)nnc1SCC(=O)Nc1sc(C)c(C)c1C(=O)OC. The van der Waals surface area contributed by atoms with E-state index in [-0.39, 0.29) is 11.7 Å². The van der Waals surface area contributed by atoms with Crippen LogP contribution in [0.2, 0.25) is 0 Å². The number of allylic oxidation sites excluding steroid dienone is 1. The molecular weight excluding hydrogens is 360 g/mol. The van der Waals surface area contributed by atoms with Gasteiger partial charge in [0, 0.05) is 11.4 Å². The van der Waals surface area contributed by atoms with Gasteiger partial charge in [-0.05, 0) is 26.3 Å². The molecule has 0 aliphatic rings. The molecule has 25 heavy (non-hydrogen) atoms. The Kier molecular flexibility index (Phi) is 6.38. The summed E-state index contributed by atoms with van der Waals surface area (Å²) in [5, 5.41) is 12.0. The molecule has 9 heteroatoms. The second kappa shape index (κ2) is 8.30. The van der Waals surface area contributed by atoms with Crippen molar-refractivity contribution >= 4 is 40.0 Å². The van der Waals surface area contributed by atoms with Gasteiger partial charge >= 0.3 is 5.97 Å². The molecule has 0 aliphatic heterocycles. The third-order valence-electron chi connectivity index (χ3n) is 3.57. The first kappa shape index (κ1) is 19.2. The quantitative estimate of drug-likeness (QED) is 0.451. The van der Waals surface area contributed by atoms with Gasteiger partial charge < -0.3 is 14.6 Å². The van der Waals surface area contributed by atoms with Gasteiger partial charge in [-0.1, -0.05) is 17.8 Å². The number of thiophene rings is 1. The predicted molar refractivity (Wildman–Crippen MR) is 99.4 cm³/mol. The number of nitrogens with zero attached hydrogens (tertiary/aromatic N) is 3. The number of ether oxygens (including phenoxy) is 1. The first-order chi connectivity index (χ1) is 11.9. The van der Waals surface area contributed by atoms with Crippen LogP contribution in [0.1, 0.15) is 26.6 Å². The van der Waals surface area contributed by atoms with Crippen LogP contribution in [0.3, 0.4) is 0 Å². The van der Waals surface area contributed by atoms with E-state index < -0.39 is 5.97 Å². The fourth-order valence-electron chi connectivity index (χ4n) is 2.16. The number of aromatic nitrogens is 3. The van der Waals surface area contributed by atoms with Crippen LogP contribution < -0.4 is 5.32 Å². The number of carbonyl (C=O) groups excluding carboxylic acids is 2. The number of nitrogens with one attached hydrogen (secondary N) is 1. The zero-order chi connectivity index (χ0) is 18.6. The lowest BCUT2D eigenvalue weighted by Crippen LogP contribution is -2.16. The summed E-state index contributed by atoms with van der Waals surface area (Å²) in [5.41, 5.74) is 1.23. The monoisotopic (exact) mass is 380 g/mol. The first-order valence-electron chi connectivity index (χ1n) is 7.50. The molecule has 2 aromatic heterocycles. The van der Waals surface area contributed by atoms with Crippen molar-refractivity contribution in [3.63, 3.8) is 0 Å². The Morgan fingerprint density at radius 1 is 1.36 bits per heavy atom. The van der Waals surface area contributed by atoms with Gasteiger partial charge in [-0.3, -0.25) is 4.79 Å². The van der Waals surface area contributed by atoms with Gasteiger partial charge in [0.1, 0.15) is 10.8 Å². The summed E-state index contributed by atoms with van der Waals surface area (Å²) in [7, 11) is 1.32. The molecule has 134 valence electrons. The van der Waals surface area contributed by atoms with Gasteiger partial charge in [-0.2, -0.15) is 0 Å². The molecule has 2 rings (SSSR count). The molecule has 2 aromatic rings. The Hall–Kier alpha value is -2.13. The summed E-state index contributed by atoms with van der Waals surface area (Å²) in [4.78, 5) is 25.2. The highest BCUT2D eigenvalue weighted by Gasteiger charge is 2.22. The molecule has 0 saturated heterocycles. The maximum Gasteiger partial charge on any atom is 0.341 e. The fourth-order valence-corrected chi connectivity index (χ4v) is 4.02. The van der Waals surface area contributed by atoms with E-state index >= 15 is 0 Å². The average Bonchev–Trinajstić information content (AvgIpc) is 3.06. The van der Waals surface area contributed by atoms with Crippen LogP contribution >= 0.6 is 23.1 Å². The summed E-state index contributed by atoms with van der Waals surface area (Å²) in [6.07, 6.45) is 1.75. The minimum atomic E-state index is -0.453. The number of hydrogen-bond acceptors (Lipinski definition) is 7. The normalized spacial score (nSPS) is 10.6. The highest BCUT2D eigenvalue weighted by atomic mass is 32.2. The topological polar surface area (TPSA) is 86.1 Å². The number of rotatable bonds is 7. The summed E-state index contributed by atoms with van der Waals surface area (Å²) in [6, 6.07) is 0. The zero-order valence-electron chi connectivity index (χ0n) is 14.6. The van der Waals surface area contributed by atoms with E-state index in [1.165, 1.54) is 30.2 Å². The molecule has 0 fully saturated rings. The molecule has 0 aromatic carbocycles. The average molecular weight is 380 g/mol. The number of carbonyl (C=O) groups is 2. The number of thioether (sulfide) groups is 1. The third kappa shape index (κ3) is 4.29. The van der Waals surface area contributed by atoms with E-state index in [2.05, 4.69) is 22.1 Å². The standard InChI is InChI=1S/C16H20N4O3S2/c1-6-7-20-11(4)18-19-16(20)24-8-12(21)17-14-13(15(22)23-5)9(2)10(3)25-14/h6H,1,7-8H2,2-5H3,(H,17,21). The fraction of sp³-hybridized carbons (Fsp3) is 0.375. The maximum atomic E-state index is 12.3. The van der Waals surface area contributed by atoms with Crippen LogP contribution in [0.15, 0.2) is 17.8 Å². The predicted octanol–water partition coefficient (Wildman–Crippen LogP) is 2.97. The van der Waals surface area contributed by atoms with Gasteiger partial charge in [0.15, 0.2) is 5.16 Å². The highest BCUT2D eigenvalue weighted by Crippen LogP contribution is 2.33. The molecule has 0 saturated carbocycles. The summed E-state index contributed by atoms with van der Waals surface area (Å²) >= 11 is 2.65. The molecule has 1 amide bonds. The second-order valence-electron chi connectivity index (χ2n) is 5.24.